The molecule has 0 spiro atoms. The number of hydrogen-bond donors (Lipinski definition) is 2. The summed E-state index contributed by atoms with van der Waals surface area (Å²) in [6, 6.07) is 10.7. The highest BCUT2D eigenvalue weighted by Gasteiger charge is 2.57. The maximum absolute atomic E-state index is 13.8. The molecule has 2 aromatic rings. The molecule has 176 valence electrons. The van der Waals surface area contributed by atoms with Crippen LogP contribution in [0.4, 0.5) is 10.1 Å². The van der Waals surface area contributed by atoms with Crippen LogP contribution in [0.5, 0.6) is 0 Å². The molecular formula is C24H21FIN3O4S. The topological polar surface area (TPSA) is 99.1 Å². The fourth-order valence-corrected chi connectivity index (χ4v) is 7.93. The summed E-state index contributed by atoms with van der Waals surface area (Å²) in [5.41, 5.74) is 0.991. The van der Waals surface area contributed by atoms with E-state index in [-0.39, 0.29) is 58.2 Å². The molecule has 2 unspecified atom stereocenters. The summed E-state index contributed by atoms with van der Waals surface area (Å²) >= 11 is 2.03. The molecule has 2 aliphatic heterocycles. The van der Waals surface area contributed by atoms with Crippen molar-refractivity contribution in [2.45, 2.75) is 36.7 Å². The van der Waals surface area contributed by atoms with E-state index in [1.165, 1.54) is 18.2 Å². The van der Waals surface area contributed by atoms with Crippen molar-refractivity contribution >= 4 is 50.0 Å². The first kappa shape index (κ1) is 22.0. The zero-order valence-electron chi connectivity index (χ0n) is 17.9. The van der Waals surface area contributed by atoms with E-state index in [0.29, 0.717) is 5.69 Å². The molecule has 2 saturated carbocycles. The Morgan fingerprint density at radius 2 is 1.88 bits per heavy atom. The number of amides is 1. The second kappa shape index (κ2) is 7.77. The average molecular weight is 593 g/mol. The molecule has 0 radical (unpaired) electrons. The normalized spacial score (nSPS) is 28.9. The molecule has 1 amide bonds. The van der Waals surface area contributed by atoms with Crippen molar-refractivity contribution in [1.82, 2.24) is 4.90 Å². The molecule has 4 atom stereocenters. The lowest BCUT2D eigenvalue weighted by Crippen LogP contribution is -2.53. The van der Waals surface area contributed by atoms with Crippen LogP contribution in [0.2, 0.25) is 0 Å². The Morgan fingerprint density at radius 1 is 1.15 bits per heavy atom. The summed E-state index contributed by atoms with van der Waals surface area (Å²) in [7, 11) is -4.06. The van der Waals surface area contributed by atoms with Crippen molar-refractivity contribution in [3.8, 4) is 0 Å². The number of aliphatic hydroxyl groups is 1. The van der Waals surface area contributed by atoms with E-state index >= 15 is 0 Å². The van der Waals surface area contributed by atoms with Gasteiger partial charge >= 0.3 is 0 Å². The van der Waals surface area contributed by atoms with E-state index < -0.39 is 15.9 Å². The molecule has 2 heterocycles. The van der Waals surface area contributed by atoms with Gasteiger partial charge in [-0.05, 0) is 89.6 Å². The van der Waals surface area contributed by atoms with Gasteiger partial charge in [-0.15, -0.1) is 4.40 Å². The van der Waals surface area contributed by atoms with Gasteiger partial charge in [-0.3, -0.25) is 4.79 Å². The summed E-state index contributed by atoms with van der Waals surface area (Å²) in [5, 5.41) is 14.3. The van der Waals surface area contributed by atoms with E-state index in [0.717, 1.165) is 28.4 Å². The molecule has 0 aromatic heterocycles. The number of anilines is 1. The van der Waals surface area contributed by atoms with E-state index in [4.69, 9.17) is 0 Å². The summed E-state index contributed by atoms with van der Waals surface area (Å²) in [6.07, 6.45) is 2.86. The van der Waals surface area contributed by atoms with Crippen LogP contribution < -0.4 is 5.32 Å². The molecule has 2 aliphatic carbocycles. The Kier molecular flexibility index (Phi) is 5.03. The lowest BCUT2D eigenvalue weighted by molar-refractivity contribution is -0.134. The molecular weight excluding hydrogens is 572 g/mol. The molecule has 4 aliphatic rings. The Balaban J connectivity index is 1.45. The average Bonchev–Trinajstić information content (AvgIpc) is 3.40. The fourth-order valence-electron chi connectivity index (χ4n) is 6.08. The number of aliphatic hydroxyl groups excluding tert-OH is 1. The lowest BCUT2D eigenvalue weighted by atomic mass is 9.77. The number of carbonyl (C=O) groups excluding carboxylic acids is 1. The van der Waals surface area contributed by atoms with Gasteiger partial charge in [0.25, 0.3) is 15.9 Å². The van der Waals surface area contributed by atoms with Gasteiger partial charge in [0.15, 0.2) is 5.84 Å². The number of amidine groups is 1. The third kappa shape index (κ3) is 3.36. The quantitative estimate of drug-likeness (QED) is 0.520. The maximum atomic E-state index is 13.8. The van der Waals surface area contributed by atoms with Crippen molar-refractivity contribution in [1.29, 1.82) is 0 Å². The minimum atomic E-state index is -4.06. The van der Waals surface area contributed by atoms with Gasteiger partial charge in [0.1, 0.15) is 22.0 Å². The first-order valence-corrected chi connectivity index (χ1v) is 13.7. The number of halogens is 2. The number of nitrogens with one attached hydrogen (secondary N) is 1. The molecule has 7 nitrogen and oxygen atoms in total. The van der Waals surface area contributed by atoms with Crippen LogP contribution in [-0.2, 0) is 21.4 Å². The highest BCUT2D eigenvalue weighted by Crippen LogP contribution is 2.55. The first-order chi connectivity index (χ1) is 16.2. The van der Waals surface area contributed by atoms with Crippen molar-refractivity contribution in [2.75, 3.05) is 5.32 Å². The molecule has 6 rings (SSSR count). The van der Waals surface area contributed by atoms with Crippen LogP contribution in [-0.4, -0.2) is 36.2 Å². The van der Waals surface area contributed by atoms with Crippen LogP contribution in [0.1, 0.15) is 24.8 Å². The van der Waals surface area contributed by atoms with E-state index in [2.05, 4.69) is 9.71 Å². The van der Waals surface area contributed by atoms with Gasteiger partial charge in [-0.2, -0.15) is 8.42 Å². The fraction of sp³-hybridized carbons (Fsp3) is 0.333. The van der Waals surface area contributed by atoms with E-state index in [9.17, 15) is 22.7 Å². The zero-order valence-corrected chi connectivity index (χ0v) is 20.9. The highest BCUT2D eigenvalue weighted by molar-refractivity contribution is 14.1. The Hall–Kier alpha value is -2.47. The number of fused-ring (bicyclic) bond motifs is 6. The molecule has 10 heteroatoms. The Morgan fingerprint density at radius 3 is 2.65 bits per heavy atom. The predicted molar refractivity (Wildman–Crippen MR) is 132 cm³/mol. The smallest absolute Gasteiger partial charge is 0.286 e. The van der Waals surface area contributed by atoms with Crippen LogP contribution in [0, 0.1) is 27.1 Å². The van der Waals surface area contributed by atoms with Crippen LogP contribution in [0.25, 0.3) is 0 Å². The Labute approximate surface area is 210 Å². The van der Waals surface area contributed by atoms with Crippen molar-refractivity contribution in [3.63, 3.8) is 0 Å². The van der Waals surface area contributed by atoms with Gasteiger partial charge in [0.2, 0.25) is 0 Å². The second-order valence-electron chi connectivity index (χ2n) is 9.35. The van der Waals surface area contributed by atoms with Crippen LogP contribution in [0.3, 0.4) is 0 Å². The number of nitrogens with zero attached hydrogens (tertiary/aromatic N) is 2. The summed E-state index contributed by atoms with van der Waals surface area (Å²) in [5.74, 6) is -0.818. The summed E-state index contributed by atoms with van der Waals surface area (Å²) in [4.78, 5) is 15.6. The third-order valence-electron chi connectivity index (χ3n) is 7.47. The van der Waals surface area contributed by atoms with Gasteiger partial charge in [0.05, 0.1) is 5.69 Å². The number of carbonyl (C=O) groups is 1. The molecule has 2 aromatic carbocycles. The van der Waals surface area contributed by atoms with Crippen molar-refractivity contribution < 1.29 is 22.7 Å². The van der Waals surface area contributed by atoms with Crippen molar-refractivity contribution in [3.05, 3.63) is 68.7 Å². The first-order valence-electron chi connectivity index (χ1n) is 11.1. The molecule has 2 fully saturated rings. The largest absolute Gasteiger partial charge is 0.511 e. The SMILES string of the molecule is O=C1C(C2=NS(=O)(=O)c3cc(I)ccc3N2)=C(O)C2C3CC[C@@H](C3)[C@H]2N1Cc1ccc(F)cc1. The zero-order chi connectivity index (χ0) is 23.8. The van der Waals surface area contributed by atoms with Gasteiger partial charge in [-0.25, -0.2) is 4.39 Å². The summed E-state index contributed by atoms with van der Waals surface area (Å²) < 4.78 is 44.0. The predicted octanol–water partition coefficient (Wildman–Crippen LogP) is 4.21. The molecule has 2 N–H and O–H groups in total. The van der Waals surface area contributed by atoms with Crippen molar-refractivity contribution in [2.24, 2.45) is 22.2 Å². The highest BCUT2D eigenvalue weighted by atomic mass is 127. The number of rotatable bonds is 3. The van der Waals surface area contributed by atoms with Crippen LogP contribution in [0.15, 0.2) is 63.1 Å². The Bertz CT molecular complexity index is 1390. The maximum Gasteiger partial charge on any atom is 0.286 e. The second-order valence-corrected chi connectivity index (χ2v) is 12.2. The standard InChI is InChI=1S/C24H21FIN3O4S/c25-15-5-1-12(2-6-15)11-29-21-14-4-3-13(9-14)19(21)22(30)20(24(29)31)23-27-17-8-7-16(26)10-18(17)34(32,33)28-23/h1-2,5-8,10,13-14,19,21,30H,3-4,9,11H2,(H,27,28)/t13?,14-,19?,21+/m0/s1. The number of hydrogen-bond acceptors (Lipinski definition) is 5. The summed E-state index contributed by atoms with van der Waals surface area (Å²) in [6.45, 7) is 0.245. The monoisotopic (exact) mass is 593 g/mol. The van der Waals surface area contributed by atoms with E-state index in [1.807, 2.05) is 22.6 Å². The van der Waals surface area contributed by atoms with Gasteiger partial charge in [0, 0.05) is 22.1 Å². The number of benzene rings is 2. The molecule has 0 saturated heterocycles. The van der Waals surface area contributed by atoms with Gasteiger partial charge in [-0.1, -0.05) is 12.1 Å². The van der Waals surface area contributed by atoms with Gasteiger partial charge < -0.3 is 15.3 Å². The number of sulfonamides is 1. The minimum Gasteiger partial charge on any atom is -0.511 e. The van der Waals surface area contributed by atoms with E-state index in [1.54, 1.807) is 29.2 Å². The third-order valence-corrected chi connectivity index (χ3v) is 9.46. The minimum absolute atomic E-state index is 0.0347. The molecule has 2 bridgehead atoms. The van der Waals surface area contributed by atoms with Crippen LogP contribution >= 0.6 is 22.6 Å². The lowest BCUT2D eigenvalue weighted by Gasteiger charge is -2.44. The molecule has 34 heavy (non-hydrogen) atoms.